The summed E-state index contributed by atoms with van der Waals surface area (Å²) in [4.78, 5) is 28.3. The second-order valence-electron chi connectivity index (χ2n) is 7.43. The van der Waals surface area contributed by atoms with Gasteiger partial charge in [0, 0.05) is 50.4 Å². The first-order valence-corrected chi connectivity index (χ1v) is 10.2. The topological polar surface area (TPSA) is 58.8 Å². The highest BCUT2D eigenvalue weighted by Crippen LogP contribution is 2.19. The molecule has 1 aliphatic heterocycles. The van der Waals surface area contributed by atoms with Gasteiger partial charge in [0.25, 0.3) is 11.8 Å². The number of carbonyl (C=O) groups excluding carboxylic acids is 2. The molecular weight excluding hydrogens is 352 g/mol. The van der Waals surface area contributed by atoms with E-state index >= 15 is 0 Å². The average molecular weight is 384 g/mol. The lowest BCUT2D eigenvalue weighted by molar-refractivity contribution is -0.910. The highest BCUT2D eigenvalue weighted by Gasteiger charge is 2.33. The van der Waals surface area contributed by atoms with Gasteiger partial charge in [-0.1, -0.05) is 6.07 Å². The van der Waals surface area contributed by atoms with Crippen molar-refractivity contribution in [3.05, 3.63) is 53.9 Å². The Hall–Kier alpha value is -2.60. The minimum absolute atomic E-state index is 0.00459. The monoisotopic (exact) mass is 383 g/mol. The zero-order valence-electron chi connectivity index (χ0n) is 17.1. The smallest absolute Gasteiger partial charge is 0.279 e. The third kappa shape index (κ3) is 4.44. The summed E-state index contributed by atoms with van der Waals surface area (Å²) in [5.41, 5.74) is 2.57. The number of hydrogen-bond donors (Lipinski definition) is 2. The number of benzene rings is 1. The van der Waals surface area contributed by atoms with Crippen LogP contribution < -0.4 is 10.2 Å². The Kier molecular flexibility index (Phi) is 6.52. The summed E-state index contributed by atoms with van der Waals surface area (Å²) < 4.78 is 2.15. The van der Waals surface area contributed by atoms with E-state index in [9.17, 15) is 9.59 Å². The van der Waals surface area contributed by atoms with Gasteiger partial charge in [-0.15, -0.1) is 0 Å². The SMILES string of the molecule is CCN(CC)C(=O)c1cccc(NC(=O)C[NH+]2CCC[C@H]2c2cccn2C)c1. The van der Waals surface area contributed by atoms with Crippen LogP contribution in [0.4, 0.5) is 5.69 Å². The van der Waals surface area contributed by atoms with Crippen molar-refractivity contribution in [2.45, 2.75) is 32.7 Å². The Bertz CT molecular complexity index is 825. The molecule has 1 aromatic heterocycles. The first-order valence-electron chi connectivity index (χ1n) is 10.2. The number of likely N-dealkylation sites (tertiary alicyclic amines) is 1. The maximum atomic E-state index is 12.7. The van der Waals surface area contributed by atoms with E-state index in [1.165, 1.54) is 10.6 Å². The van der Waals surface area contributed by atoms with Crippen LogP contribution >= 0.6 is 0 Å². The zero-order valence-corrected chi connectivity index (χ0v) is 17.1. The number of aromatic nitrogens is 1. The van der Waals surface area contributed by atoms with Gasteiger partial charge in [0.1, 0.15) is 6.04 Å². The van der Waals surface area contributed by atoms with Crippen LogP contribution in [0.15, 0.2) is 42.6 Å². The van der Waals surface area contributed by atoms with Crippen LogP contribution in [0.5, 0.6) is 0 Å². The third-order valence-corrected chi connectivity index (χ3v) is 5.66. The lowest BCUT2D eigenvalue weighted by Gasteiger charge is -2.22. The number of hydrogen-bond acceptors (Lipinski definition) is 2. The fourth-order valence-corrected chi connectivity index (χ4v) is 4.15. The molecule has 0 aliphatic carbocycles. The number of nitrogens with zero attached hydrogens (tertiary/aromatic N) is 2. The summed E-state index contributed by atoms with van der Waals surface area (Å²) in [5.74, 6) is -0.0152. The standard InChI is InChI=1S/C22H30N4O2/c1-4-25(5-2)22(28)17-9-6-10-18(15-17)23-21(27)16-26-14-8-12-20(26)19-11-7-13-24(19)3/h6-7,9-11,13,15,20H,4-5,8,12,14,16H2,1-3H3,(H,23,27)/p+1/t20-/m0/s1. The van der Waals surface area contributed by atoms with Crippen molar-refractivity contribution >= 4 is 17.5 Å². The highest BCUT2D eigenvalue weighted by molar-refractivity contribution is 5.97. The van der Waals surface area contributed by atoms with Gasteiger partial charge in [-0.05, 0) is 44.2 Å². The van der Waals surface area contributed by atoms with Crippen LogP contribution in [0.1, 0.15) is 48.8 Å². The van der Waals surface area contributed by atoms with Crippen molar-refractivity contribution < 1.29 is 14.5 Å². The van der Waals surface area contributed by atoms with E-state index in [-0.39, 0.29) is 11.8 Å². The van der Waals surface area contributed by atoms with Crippen LogP contribution in [-0.4, -0.2) is 47.5 Å². The Morgan fingerprint density at radius 1 is 1.21 bits per heavy atom. The van der Waals surface area contributed by atoms with Crippen LogP contribution in [0.2, 0.25) is 0 Å². The van der Waals surface area contributed by atoms with Crippen LogP contribution in [0.25, 0.3) is 0 Å². The highest BCUT2D eigenvalue weighted by atomic mass is 16.2. The molecule has 0 spiro atoms. The normalized spacial score (nSPS) is 18.8. The van der Waals surface area contributed by atoms with E-state index in [0.717, 1.165) is 19.4 Å². The van der Waals surface area contributed by atoms with Crippen molar-refractivity contribution in [3.8, 4) is 0 Å². The van der Waals surface area contributed by atoms with E-state index in [4.69, 9.17) is 0 Å². The second kappa shape index (κ2) is 9.06. The lowest BCUT2D eigenvalue weighted by atomic mass is 10.1. The molecule has 1 aromatic carbocycles. The summed E-state index contributed by atoms with van der Waals surface area (Å²) in [6.07, 6.45) is 4.30. The Morgan fingerprint density at radius 2 is 2.00 bits per heavy atom. The molecule has 1 saturated heterocycles. The molecule has 150 valence electrons. The lowest BCUT2D eigenvalue weighted by Crippen LogP contribution is -3.11. The van der Waals surface area contributed by atoms with E-state index in [1.807, 2.05) is 26.0 Å². The summed E-state index contributed by atoms with van der Waals surface area (Å²) in [6, 6.07) is 11.8. The molecule has 2 atom stereocenters. The molecule has 6 nitrogen and oxygen atoms in total. The predicted molar refractivity (Wildman–Crippen MR) is 110 cm³/mol. The molecule has 0 radical (unpaired) electrons. The van der Waals surface area contributed by atoms with Crippen molar-refractivity contribution in [2.75, 3.05) is 31.5 Å². The van der Waals surface area contributed by atoms with Gasteiger partial charge in [0.2, 0.25) is 0 Å². The van der Waals surface area contributed by atoms with Gasteiger partial charge in [0.15, 0.2) is 6.54 Å². The van der Waals surface area contributed by atoms with Gasteiger partial charge in [-0.2, -0.15) is 0 Å². The van der Waals surface area contributed by atoms with Gasteiger partial charge in [-0.25, -0.2) is 0 Å². The molecule has 1 fully saturated rings. The summed E-state index contributed by atoms with van der Waals surface area (Å²) in [6.45, 7) is 6.72. The molecule has 3 rings (SSSR count). The second-order valence-corrected chi connectivity index (χ2v) is 7.43. The summed E-state index contributed by atoms with van der Waals surface area (Å²) in [5, 5.41) is 2.98. The maximum absolute atomic E-state index is 12.7. The van der Waals surface area contributed by atoms with Crippen molar-refractivity contribution in [1.29, 1.82) is 0 Å². The molecule has 1 unspecified atom stereocenters. The van der Waals surface area contributed by atoms with Crippen molar-refractivity contribution in [1.82, 2.24) is 9.47 Å². The molecule has 1 aliphatic rings. The first-order chi connectivity index (χ1) is 13.5. The van der Waals surface area contributed by atoms with E-state index < -0.39 is 0 Å². The molecule has 0 saturated carbocycles. The van der Waals surface area contributed by atoms with Crippen molar-refractivity contribution in [3.63, 3.8) is 0 Å². The van der Waals surface area contributed by atoms with Gasteiger partial charge in [-0.3, -0.25) is 9.59 Å². The van der Waals surface area contributed by atoms with E-state index in [0.29, 0.717) is 36.9 Å². The molecule has 0 bridgehead atoms. The Balaban J connectivity index is 1.64. The quantitative estimate of drug-likeness (QED) is 0.767. The fourth-order valence-electron chi connectivity index (χ4n) is 4.15. The predicted octanol–water partition coefficient (Wildman–Crippen LogP) is 1.87. The largest absolute Gasteiger partial charge is 0.350 e. The molecule has 2 amide bonds. The Morgan fingerprint density at radius 3 is 2.68 bits per heavy atom. The minimum Gasteiger partial charge on any atom is -0.350 e. The van der Waals surface area contributed by atoms with Crippen LogP contribution in [-0.2, 0) is 11.8 Å². The minimum atomic E-state index is -0.0106. The maximum Gasteiger partial charge on any atom is 0.279 e. The summed E-state index contributed by atoms with van der Waals surface area (Å²) >= 11 is 0. The number of quaternary nitrogens is 1. The first kappa shape index (κ1) is 20.1. The summed E-state index contributed by atoms with van der Waals surface area (Å²) in [7, 11) is 2.06. The van der Waals surface area contributed by atoms with E-state index in [2.05, 4.69) is 35.3 Å². The van der Waals surface area contributed by atoms with Crippen LogP contribution in [0.3, 0.4) is 0 Å². The molecule has 2 N–H and O–H groups in total. The molecule has 6 heteroatoms. The van der Waals surface area contributed by atoms with Crippen molar-refractivity contribution in [2.24, 2.45) is 7.05 Å². The molecule has 28 heavy (non-hydrogen) atoms. The number of aryl methyl sites for hydroxylation is 1. The number of anilines is 1. The number of amides is 2. The van der Waals surface area contributed by atoms with E-state index in [1.54, 1.807) is 17.0 Å². The molecular formula is C22H31N4O2+. The molecule has 2 aromatic rings. The Labute approximate surface area is 167 Å². The molecule has 2 heterocycles. The number of nitrogens with one attached hydrogen (secondary N) is 2. The van der Waals surface area contributed by atoms with Gasteiger partial charge < -0.3 is 19.7 Å². The number of rotatable bonds is 7. The number of carbonyl (C=O) groups is 2. The van der Waals surface area contributed by atoms with Gasteiger partial charge in [0.05, 0.1) is 12.2 Å². The fraction of sp³-hybridized carbons (Fsp3) is 0.455. The third-order valence-electron chi connectivity index (χ3n) is 5.66. The van der Waals surface area contributed by atoms with Gasteiger partial charge >= 0.3 is 0 Å². The average Bonchev–Trinajstić information content (AvgIpc) is 3.31. The van der Waals surface area contributed by atoms with Crippen LogP contribution in [0, 0.1) is 0 Å². The zero-order chi connectivity index (χ0) is 20.1.